The normalized spacial score (nSPS) is 25.6. The molecule has 0 aliphatic heterocycles. The van der Waals surface area contributed by atoms with E-state index >= 15 is 0 Å². The zero-order chi connectivity index (χ0) is 14.7. The van der Waals surface area contributed by atoms with E-state index in [9.17, 15) is 14.7 Å². The number of halogens is 1. The van der Waals surface area contributed by atoms with Crippen LogP contribution in [-0.4, -0.2) is 17.0 Å². The highest BCUT2D eigenvalue weighted by Gasteiger charge is 2.41. The van der Waals surface area contributed by atoms with Gasteiger partial charge in [-0.2, -0.15) is 0 Å². The van der Waals surface area contributed by atoms with Gasteiger partial charge in [-0.05, 0) is 46.1 Å². The average molecular weight is 360 g/mol. The van der Waals surface area contributed by atoms with Crippen LogP contribution in [0.4, 0.5) is 0 Å². The van der Waals surface area contributed by atoms with Gasteiger partial charge in [-0.3, -0.25) is 9.59 Å². The number of hydrogen-bond acceptors (Lipinski definition) is 3. The van der Waals surface area contributed by atoms with Crippen molar-refractivity contribution in [1.29, 1.82) is 0 Å². The number of carboxylic acid groups (broad SMARTS) is 1. The maximum Gasteiger partial charge on any atom is 0.307 e. The molecule has 1 aromatic rings. The lowest BCUT2D eigenvalue weighted by molar-refractivity contribution is -0.146. The molecule has 3 atom stereocenters. The number of carbonyl (C=O) groups excluding carboxylic acids is 1. The lowest BCUT2D eigenvalue weighted by Crippen LogP contribution is -2.34. The second-order valence-corrected chi connectivity index (χ2v) is 7.06. The van der Waals surface area contributed by atoms with E-state index in [1.807, 2.05) is 18.4 Å². The van der Waals surface area contributed by atoms with Crippen LogP contribution in [0.15, 0.2) is 15.9 Å². The van der Waals surface area contributed by atoms with Gasteiger partial charge >= 0.3 is 5.97 Å². The Balaban J connectivity index is 1.97. The lowest BCUT2D eigenvalue weighted by atomic mass is 9.95. The summed E-state index contributed by atoms with van der Waals surface area (Å²) in [6.45, 7) is 2.50. The topological polar surface area (TPSA) is 66.4 Å². The molecule has 1 aliphatic rings. The number of carbonyl (C=O) groups is 2. The van der Waals surface area contributed by atoms with Crippen molar-refractivity contribution in [2.75, 3.05) is 0 Å². The zero-order valence-electron chi connectivity index (χ0n) is 11.3. The van der Waals surface area contributed by atoms with Gasteiger partial charge in [0.1, 0.15) is 0 Å². The molecule has 2 N–H and O–H groups in total. The minimum Gasteiger partial charge on any atom is -0.481 e. The smallest absolute Gasteiger partial charge is 0.307 e. The third kappa shape index (κ3) is 3.41. The van der Waals surface area contributed by atoms with Crippen LogP contribution in [0.25, 0.3) is 0 Å². The molecule has 0 radical (unpaired) electrons. The predicted molar refractivity (Wildman–Crippen MR) is 81.5 cm³/mol. The highest BCUT2D eigenvalue weighted by Crippen LogP contribution is 2.38. The number of amides is 1. The fraction of sp³-hybridized carbons (Fsp3) is 0.571. The molecule has 110 valence electrons. The van der Waals surface area contributed by atoms with Crippen LogP contribution in [0.1, 0.15) is 31.1 Å². The van der Waals surface area contributed by atoms with E-state index in [2.05, 4.69) is 21.2 Å². The van der Waals surface area contributed by atoms with Crippen molar-refractivity contribution < 1.29 is 14.7 Å². The maximum atomic E-state index is 12.2. The first-order chi connectivity index (χ1) is 9.52. The van der Waals surface area contributed by atoms with Gasteiger partial charge in [-0.15, -0.1) is 11.3 Å². The van der Waals surface area contributed by atoms with E-state index in [1.54, 1.807) is 11.3 Å². The quantitative estimate of drug-likeness (QED) is 0.847. The van der Waals surface area contributed by atoms with Crippen LogP contribution in [0, 0.1) is 17.8 Å². The fourth-order valence-electron chi connectivity index (χ4n) is 2.79. The Hall–Kier alpha value is -0.880. The van der Waals surface area contributed by atoms with Crippen LogP contribution in [0.3, 0.4) is 0 Å². The summed E-state index contributed by atoms with van der Waals surface area (Å²) in [4.78, 5) is 24.6. The zero-order valence-corrected chi connectivity index (χ0v) is 13.7. The van der Waals surface area contributed by atoms with Crippen molar-refractivity contribution in [2.24, 2.45) is 17.8 Å². The van der Waals surface area contributed by atoms with E-state index in [0.29, 0.717) is 25.3 Å². The largest absolute Gasteiger partial charge is 0.481 e. The van der Waals surface area contributed by atoms with Gasteiger partial charge in [0.2, 0.25) is 5.91 Å². The molecule has 1 fully saturated rings. The highest BCUT2D eigenvalue weighted by molar-refractivity contribution is 9.10. The Bertz CT molecular complexity index is 502. The highest BCUT2D eigenvalue weighted by atomic mass is 79.9. The molecule has 0 bridgehead atoms. The first-order valence-corrected chi connectivity index (χ1v) is 8.42. The Kier molecular flexibility index (Phi) is 5.21. The number of hydrogen-bond donors (Lipinski definition) is 2. The molecule has 20 heavy (non-hydrogen) atoms. The van der Waals surface area contributed by atoms with Crippen LogP contribution in [-0.2, 0) is 16.1 Å². The van der Waals surface area contributed by atoms with E-state index in [-0.39, 0.29) is 5.91 Å². The summed E-state index contributed by atoms with van der Waals surface area (Å²) in [5, 5.41) is 14.1. The minimum absolute atomic E-state index is 0.131. The van der Waals surface area contributed by atoms with Crippen LogP contribution in [0.5, 0.6) is 0 Å². The predicted octanol–water partition coefficient (Wildman–Crippen LogP) is 3.26. The molecule has 1 amide bonds. The van der Waals surface area contributed by atoms with Crippen molar-refractivity contribution in [1.82, 2.24) is 5.32 Å². The maximum absolute atomic E-state index is 12.2. The monoisotopic (exact) mass is 359 g/mol. The Labute approximate surface area is 130 Å². The van der Waals surface area contributed by atoms with Gasteiger partial charge < -0.3 is 10.4 Å². The van der Waals surface area contributed by atoms with Crippen molar-refractivity contribution in [3.63, 3.8) is 0 Å². The van der Waals surface area contributed by atoms with Crippen LogP contribution in [0.2, 0.25) is 0 Å². The minimum atomic E-state index is -0.849. The summed E-state index contributed by atoms with van der Waals surface area (Å²) in [5.74, 6) is -1.56. The molecule has 6 heteroatoms. The second kappa shape index (κ2) is 6.72. The summed E-state index contributed by atoms with van der Waals surface area (Å²) in [7, 11) is 0. The molecule has 1 aliphatic carbocycles. The summed E-state index contributed by atoms with van der Waals surface area (Å²) in [6, 6.07) is 1.94. The molecule has 3 unspecified atom stereocenters. The van der Waals surface area contributed by atoms with Crippen LogP contribution < -0.4 is 5.32 Å². The molecule has 4 nitrogen and oxygen atoms in total. The van der Waals surface area contributed by atoms with Gasteiger partial charge in [0.15, 0.2) is 0 Å². The molecule has 0 spiro atoms. The lowest BCUT2D eigenvalue weighted by Gasteiger charge is -2.15. The van der Waals surface area contributed by atoms with Gasteiger partial charge in [0, 0.05) is 9.35 Å². The third-order valence-electron chi connectivity index (χ3n) is 4.01. The van der Waals surface area contributed by atoms with Gasteiger partial charge in [-0.25, -0.2) is 0 Å². The van der Waals surface area contributed by atoms with E-state index < -0.39 is 17.8 Å². The molecule has 2 rings (SSSR count). The molecule has 0 aromatic carbocycles. The number of thiophene rings is 1. The second-order valence-electron chi connectivity index (χ2n) is 5.21. The number of rotatable bonds is 5. The molecule has 1 aromatic heterocycles. The standard InChI is InChI=1S/C14H18BrNO3S/c1-2-8-5-9(10(6-8)14(18)19)13(17)16-7-12-11(15)3-4-20-12/h3-4,8-10H,2,5-7H2,1H3,(H,16,17)(H,18,19). The van der Waals surface area contributed by atoms with Crippen LogP contribution >= 0.6 is 27.3 Å². The Morgan fingerprint density at radius 2 is 2.15 bits per heavy atom. The van der Waals surface area contributed by atoms with Gasteiger partial charge in [0.25, 0.3) is 0 Å². The van der Waals surface area contributed by atoms with E-state index in [1.165, 1.54) is 0 Å². The van der Waals surface area contributed by atoms with Crippen molar-refractivity contribution in [3.05, 3.63) is 20.8 Å². The number of aliphatic carboxylic acids is 1. The van der Waals surface area contributed by atoms with Crippen molar-refractivity contribution >= 4 is 39.1 Å². The average Bonchev–Trinajstić information content (AvgIpc) is 3.02. The molecular weight excluding hydrogens is 342 g/mol. The summed E-state index contributed by atoms with van der Waals surface area (Å²) in [6.07, 6.45) is 2.24. The van der Waals surface area contributed by atoms with Gasteiger partial charge in [0.05, 0.1) is 18.4 Å². The summed E-state index contributed by atoms with van der Waals surface area (Å²) < 4.78 is 0.982. The first-order valence-electron chi connectivity index (χ1n) is 6.75. The van der Waals surface area contributed by atoms with Crippen molar-refractivity contribution in [3.8, 4) is 0 Å². The van der Waals surface area contributed by atoms with Gasteiger partial charge in [-0.1, -0.05) is 13.3 Å². The fourth-order valence-corrected chi connectivity index (χ4v) is 4.22. The van der Waals surface area contributed by atoms with E-state index in [0.717, 1.165) is 15.8 Å². The summed E-state index contributed by atoms with van der Waals surface area (Å²) in [5.41, 5.74) is 0. The molecule has 1 saturated carbocycles. The Morgan fingerprint density at radius 3 is 2.70 bits per heavy atom. The molecule has 1 heterocycles. The number of nitrogens with one attached hydrogen (secondary N) is 1. The number of carboxylic acids is 1. The summed E-state index contributed by atoms with van der Waals surface area (Å²) >= 11 is 4.99. The van der Waals surface area contributed by atoms with E-state index in [4.69, 9.17) is 0 Å². The SMILES string of the molecule is CCC1CC(C(=O)O)C(C(=O)NCc2sccc2Br)C1. The Morgan fingerprint density at radius 1 is 1.45 bits per heavy atom. The molecular formula is C14H18BrNO3S. The molecule has 0 saturated heterocycles. The first kappa shape index (κ1) is 15.5. The van der Waals surface area contributed by atoms with Crippen molar-refractivity contribution in [2.45, 2.75) is 32.7 Å². The third-order valence-corrected chi connectivity index (χ3v) is 5.93.